The van der Waals surface area contributed by atoms with Gasteiger partial charge in [-0.15, -0.1) is 0 Å². The molecule has 2 heterocycles. The number of ether oxygens (including phenoxy) is 2. The van der Waals surface area contributed by atoms with Gasteiger partial charge in [-0.2, -0.15) is 9.97 Å². The summed E-state index contributed by atoms with van der Waals surface area (Å²) in [6.45, 7) is 0.645. The van der Waals surface area contributed by atoms with Crippen LogP contribution in [0.25, 0.3) is 11.0 Å². The Morgan fingerprint density at radius 2 is 1.84 bits per heavy atom. The van der Waals surface area contributed by atoms with Crippen molar-refractivity contribution in [2.45, 2.75) is 51.0 Å². The number of fused-ring (bicyclic) bond motifs is 1. The first-order chi connectivity index (χ1) is 12.3. The van der Waals surface area contributed by atoms with Gasteiger partial charge in [-0.1, -0.05) is 43.9 Å². The zero-order valence-electron chi connectivity index (χ0n) is 14.8. The average molecular weight is 342 g/mol. The Morgan fingerprint density at radius 3 is 2.60 bits per heavy atom. The minimum absolute atomic E-state index is 0.234. The zero-order chi connectivity index (χ0) is 17.5. The first kappa shape index (κ1) is 17.6. The third kappa shape index (κ3) is 4.43. The van der Waals surface area contributed by atoms with Gasteiger partial charge < -0.3 is 19.8 Å². The van der Waals surface area contributed by atoms with Crippen LogP contribution in [0.15, 0.2) is 12.3 Å². The van der Waals surface area contributed by atoms with Gasteiger partial charge in [0.15, 0.2) is 6.61 Å². The molecule has 6 nitrogen and oxygen atoms in total. The minimum atomic E-state index is 0.234. The lowest BCUT2D eigenvalue weighted by Gasteiger charge is -2.22. The van der Waals surface area contributed by atoms with E-state index in [4.69, 9.17) is 15.2 Å². The molecule has 0 saturated heterocycles. The summed E-state index contributed by atoms with van der Waals surface area (Å²) in [5, 5.41) is 0.893. The van der Waals surface area contributed by atoms with E-state index in [9.17, 15) is 0 Å². The van der Waals surface area contributed by atoms with Gasteiger partial charge in [0, 0.05) is 19.3 Å². The normalized spacial score (nSPS) is 16.0. The molecule has 0 aromatic carbocycles. The van der Waals surface area contributed by atoms with E-state index in [1.165, 1.54) is 44.9 Å². The molecule has 0 bridgehead atoms. The highest BCUT2D eigenvalue weighted by molar-refractivity contribution is 5.82. The third-order valence-corrected chi connectivity index (χ3v) is 4.64. The number of nitrogen functional groups attached to an aromatic ring is 1. The number of rotatable bonds is 4. The molecule has 0 unspecified atom stereocenters. The third-order valence-electron chi connectivity index (χ3n) is 4.64. The monoisotopic (exact) mass is 342 g/mol. The molecule has 6 heteroatoms. The number of anilines is 1. The molecule has 0 amide bonds. The Kier molecular flexibility index (Phi) is 6.13. The molecular weight excluding hydrogens is 316 g/mol. The molecule has 1 fully saturated rings. The lowest BCUT2D eigenvalue weighted by Crippen LogP contribution is -2.11. The van der Waals surface area contributed by atoms with Crippen LogP contribution in [-0.4, -0.2) is 34.9 Å². The second-order valence-corrected chi connectivity index (χ2v) is 6.42. The SMILES string of the molecule is COCC#CCOc1nc(N)nc2c1ccn2C1CCCCCCC1. The molecule has 1 aliphatic rings. The quantitative estimate of drug-likeness (QED) is 0.863. The Bertz CT molecular complexity index is 752. The molecule has 2 aromatic rings. The average Bonchev–Trinajstić information content (AvgIpc) is 2.98. The summed E-state index contributed by atoms with van der Waals surface area (Å²) in [6, 6.07) is 2.49. The summed E-state index contributed by atoms with van der Waals surface area (Å²) in [6.07, 6.45) is 11.0. The van der Waals surface area contributed by atoms with Gasteiger partial charge in [-0.3, -0.25) is 0 Å². The molecule has 1 aliphatic carbocycles. The van der Waals surface area contributed by atoms with Crippen LogP contribution in [0.2, 0.25) is 0 Å². The van der Waals surface area contributed by atoms with Crippen LogP contribution in [0.1, 0.15) is 51.0 Å². The summed E-state index contributed by atoms with van der Waals surface area (Å²) < 4.78 is 12.9. The van der Waals surface area contributed by atoms with Crippen LogP contribution < -0.4 is 10.5 Å². The van der Waals surface area contributed by atoms with Crippen LogP contribution in [0, 0.1) is 11.8 Å². The highest BCUT2D eigenvalue weighted by Crippen LogP contribution is 2.32. The first-order valence-corrected chi connectivity index (χ1v) is 9.01. The van der Waals surface area contributed by atoms with Crippen molar-refractivity contribution in [2.75, 3.05) is 26.1 Å². The summed E-state index contributed by atoms with van der Waals surface area (Å²) >= 11 is 0. The van der Waals surface area contributed by atoms with Gasteiger partial charge in [0.1, 0.15) is 12.3 Å². The van der Waals surface area contributed by atoms with Gasteiger partial charge in [0.25, 0.3) is 0 Å². The Morgan fingerprint density at radius 1 is 1.12 bits per heavy atom. The van der Waals surface area contributed by atoms with E-state index < -0.39 is 0 Å². The molecule has 0 atom stereocenters. The smallest absolute Gasteiger partial charge is 0.228 e. The Hall–Kier alpha value is -2.26. The molecule has 2 aromatic heterocycles. The second kappa shape index (κ2) is 8.72. The second-order valence-electron chi connectivity index (χ2n) is 6.42. The minimum Gasteiger partial charge on any atom is -0.464 e. The van der Waals surface area contributed by atoms with Crippen molar-refractivity contribution in [1.82, 2.24) is 14.5 Å². The van der Waals surface area contributed by atoms with Crippen molar-refractivity contribution in [1.29, 1.82) is 0 Å². The van der Waals surface area contributed by atoms with Gasteiger partial charge in [-0.05, 0) is 18.9 Å². The van der Waals surface area contributed by atoms with Crippen molar-refractivity contribution >= 4 is 17.0 Å². The molecule has 1 saturated carbocycles. The maximum absolute atomic E-state index is 5.92. The van der Waals surface area contributed by atoms with Crippen molar-refractivity contribution in [3.63, 3.8) is 0 Å². The molecule has 0 aliphatic heterocycles. The zero-order valence-corrected chi connectivity index (χ0v) is 14.8. The van der Waals surface area contributed by atoms with Crippen LogP contribution in [0.5, 0.6) is 5.88 Å². The van der Waals surface area contributed by atoms with E-state index >= 15 is 0 Å². The first-order valence-electron chi connectivity index (χ1n) is 9.01. The number of hydrogen-bond donors (Lipinski definition) is 1. The van der Waals surface area contributed by atoms with Crippen molar-refractivity contribution in [2.24, 2.45) is 0 Å². The highest BCUT2D eigenvalue weighted by Gasteiger charge is 2.18. The van der Waals surface area contributed by atoms with Crippen LogP contribution >= 0.6 is 0 Å². The topological polar surface area (TPSA) is 75.2 Å². The predicted octanol–water partition coefficient (Wildman–Crippen LogP) is 3.33. The largest absolute Gasteiger partial charge is 0.464 e. The highest BCUT2D eigenvalue weighted by atomic mass is 16.5. The van der Waals surface area contributed by atoms with Gasteiger partial charge in [-0.25, -0.2) is 0 Å². The molecular formula is C19H26N4O2. The predicted molar refractivity (Wildman–Crippen MR) is 98.4 cm³/mol. The maximum atomic E-state index is 5.92. The van der Waals surface area contributed by atoms with E-state index in [1.54, 1.807) is 7.11 Å². The number of nitrogens with two attached hydrogens (primary N) is 1. The van der Waals surface area contributed by atoms with Gasteiger partial charge in [0.05, 0.1) is 5.39 Å². The molecule has 25 heavy (non-hydrogen) atoms. The molecule has 134 valence electrons. The lowest BCUT2D eigenvalue weighted by molar-refractivity contribution is 0.239. The fourth-order valence-electron chi connectivity index (χ4n) is 3.42. The van der Waals surface area contributed by atoms with Crippen LogP contribution in [0.3, 0.4) is 0 Å². The molecule has 0 spiro atoms. The fraction of sp³-hybridized carbons (Fsp3) is 0.579. The maximum Gasteiger partial charge on any atom is 0.228 e. The van der Waals surface area contributed by atoms with Gasteiger partial charge in [0.2, 0.25) is 11.8 Å². The van der Waals surface area contributed by atoms with E-state index in [0.717, 1.165) is 11.0 Å². The fourth-order valence-corrected chi connectivity index (χ4v) is 3.42. The van der Waals surface area contributed by atoms with E-state index in [0.29, 0.717) is 18.5 Å². The number of methoxy groups -OCH3 is 1. The Balaban J connectivity index is 1.83. The van der Waals surface area contributed by atoms with Crippen LogP contribution in [-0.2, 0) is 4.74 Å². The summed E-state index contributed by atoms with van der Waals surface area (Å²) in [5.41, 5.74) is 6.78. The molecule has 0 radical (unpaired) electrons. The van der Waals surface area contributed by atoms with Crippen molar-refractivity contribution < 1.29 is 9.47 Å². The summed E-state index contributed by atoms with van der Waals surface area (Å²) in [7, 11) is 1.61. The van der Waals surface area contributed by atoms with Crippen molar-refractivity contribution in [3.05, 3.63) is 12.3 Å². The lowest BCUT2D eigenvalue weighted by atomic mass is 9.96. The standard InChI is InChI=1S/C19H26N4O2/c1-24-13-7-8-14-25-18-16-11-12-23(17(16)21-19(20)22-18)15-9-5-3-2-4-6-10-15/h11-12,15H,2-6,9-10,13-14H2,1H3,(H2,20,21,22). The molecule has 3 rings (SSSR count). The van der Waals surface area contributed by atoms with E-state index in [2.05, 4.69) is 32.6 Å². The Labute approximate surface area is 148 Å². The number of aromatic nitrogens is 3. The molecule has 2 N–H and O–H groups in total. The summed E-state index contributed by atoms with van der Waals surface area (Å²) in [5.74, 6) is 6.49. The van der Waals surface area contributed by atoms with Crippen molar-refractivity contribution in [3.8, 4) is 17.7 Å². The van der Waals surface area contributed by atoms with Gasteiger partial charge >= 0.3 is 0 Å². The van der Waals surface area contributed by atoms with E-state index in [1.807, 2.05) is 6.07 Å². The van der Waals surface area contributed by atoms with E-state index in [-0.39, 0.29) is 12.6 Å². The number of hydrogen-bond acceptors (Lipinski definition) is 5. The number of nitrogens with zero attached hydrogens (tertiary/aromatic N) is 3. The van der Waals surface area contributed by atoms with Crippen LogP contribution in [0.4, 0.5) is 5.95 Å². The summed E-state index contributed by atoms with van der Waals surface area (Å²) in [4.78, 5) is 8.72.